The zero-order valence-corrected chi connectivity index (χ0v) is 7.76. The van der Waals surface area contributed by atoms with Crippen molar-refractivity contribution in [1.82, 2.24) is 10.3 Å². The standard InChI is InChI=1S/C9H15N3/c1-7(10-2)8-5-4-6-12-9(8)11-3/h4-7,10H,1-3H3,(H,11,12). The summed E-state index contributed by atoms with van der Waals surface area (Å²) in [7, 11) is 3.82. The van der Waals surface area contributed by atoms with Gasteiger partial charge in [-0.05, 0) is 20.0 Å². The Morgan fingerprint density at radius 2 is 2.17 bits per heavy atom. The molecule has 0 saturated heterocycles. The van der Waals surface area contributed by atoms with E-state index in [9.17, 15) is 0 Å². The number of rotatable bonds is 3. The molecule has 1 aromatic rings. The van der Waals surface area contributed by atoms with E-state index >= 15 is 0 Å². The van der Waals surface area contributed by atoms with E-state index in [1.54, 1.807) is 6.20 Å². The maximum Gasteiger partial charge on any atom is 0.130 e. The molecule has 1 unspecified atom stereocenters. The number of hydrogen-bond donors (Lipinski definition) is 2. The van der Waals surface area contributed by atoms with Crippen LogP contribution in [0.2, 0.25) is 0 Å². The van der Waals surface area contributed by atoms with Gasteiger partial charge in [-0.25, -0.2) is 4.98 Å². The fraction of sp³-hybridized carbons (Fsp3) is 0.444. The summed E-state index contributed by atoms with van der Waals surface area (Å²) in [6.45, 7) is 2.11. The second-order valence-corrected chi connectivity index (χ2v) is 2.70. The van der Waals surface area contributed by atoms with Crippen molar-refractivity contribution in [2.24, 2.45) is 0 Å². The lowest BCUT2D eigenvalue weighted by Gasteiger charge is -2.13. The predicted molar refractivity (Wildman–Crippen MR) is 51.3 cm³/mol. The third-order valence-electron chi connectivity index (χ3n) is 1.98. The third-order valence-corrected chi connectivity index (χ3v) is 1.98. The maximum absolute atomic E-state index is 4.22. The second-order valence-electron chi connectivity index (χ2n) is 2.70. The van der Waals surface area contributed by atoms with E-state index in [4.69, 9.17) is 0 Å². The van der Waals surface area contributed by atoms with Gasteiger partial charge in [0.25, 0.3) is 0 Å². The van der Waals surface area contributed by atoms with Gasteiger partial charge in [0.15, 0.2) is 0 Å². The minimum absolute atomic E-state index is 0.334. The fourth-order valence-corrected chi connectivity index (χ4v) is 1.13. The molecule has 3 nitrogen and oxygen atoms in total. The highest BCUT2D eigenvalue weighted by Crippen LogP contribution is 2.18. The summed E-state index contributed by atoms with van der Waals surface area (Å²) in [6, 6.07) is 4.35. The number of anilines is 1. The van der Waals surface area contributed by atoms with Crippen molar-refractivity contribution in [3.8, 4) is 0 Å². The molecule has 2 N–H and O–H groups in total. The van der Waals surface area contributed by atoms with Crippen molar-refractivity contribution in [3.63, 3.8) is 0 Å². The second kappa shape index (κ2) is 4.07. The molecule has 66 valence electrons. The van der Waals surface area contributed by atoms with Gasteiger partial charge in [0.2, 0.25) is 0 Å². The van der Waals surface area contributed by atoms with Gasteiger partial charge in [-0.3, -0.25) is 0 Å². The molecule has 0 aliphatic rings. The molecular weight excluding hydrogens is 150 g/mol. The van der Waals surface area contributed by atoms with Crippen LogP contribution in [0.25, 0.3) is 0 Å². The fourth-order valence-electron chi connectivity index (χ4n) is 1.13. The third kappa shape index (κ3) is 1.74. The van der Waals surface area contributed by atoms with Crippen LogP contribution in [-0.4, -0.2) is 19.1 Å². The summed E-state index contributed by atoms with van der Waals surface area (Å²) in [5, 5.41) is 6.24. The minimum atomic E-state index is 0.334. The van der Waals surface area contributed by atoms with Crippen molar-refractivity contribution >= 4 is 5.82 Å². The molecule has 0 saturated carbocycles. The predicted octanol–water partition coefficient (Wildman–Crippen LogP) is 1.40. The smallest absolute Gasteiger partial charge is 0.130 e. The Bertz CT molecular complexity index is 247. The van der Waals surface area contributed by atoms with Crippen LogP contribution in [0.15, 0.2) is 18.3 Å². The number of hydrogen-bond acceptors (Lipinski definition) is 3. The molecule has 0 radical (unpaired) electrons. The van der Waals surface area contributed by atoms with Crippen molar-refractivity contribution < 1.29 is 0 Å². The summed E-state index contributed by atoms with van der Waals surface area (Å²) in [4.78, 5) is 4.22. The number of nitrogens with one attached hydrogen (secondary N) is 2. The van der Waals surface area contributed by atoms with Gasteiger partial charge in [0.05, 0.1) is 0 Å². The molecular formula is C9H15N3. The van der Waals surface area contributed by atoms with Crippen molar-refractivity contribution in [1.29, 1.82) is 0 Å². The normalized spacial score (nSPS) is 12.6. The van der Waals surface area contributed by atoms with E-state index in [-0.39, 0.29) is 0 Å². The topological polar surface area (TPSA) is 37.0 Å². The van der Waals surface area contributed by atoms with Gasteiger partial charge in [-0.15, -0.1) is 0 Å². The van der Waals surface area contributed by atoms with Crippen LogP contribution in [-0.2, 0) is 0 Å². The molecule has 0 aromatic carbocycles. The van der Waals surface area contributed by atoms with Gasteiger partial charge in [-0.1, -0.05) is 6.07 Å². The van der Waals surface area contributed by atoms with E-state index in [0.29, 0.717) is 6.04 Å². The lowest BCUT2D eigenvalue weighted by Crippen LogP contribution is -2.14. The number of aromatic nitrogens is 1. The van der Waals surface area contributed by atoms with Crippen LogP contribution in [0, 0.1) is 0 Å². The highest BCUT2D eigenvalue weighted by atomic mass is 15.0. The van der Waals surface area contributed by atoms with E-state index in [1.807, 2.05) is 20.2 Å². The molecule has 1 aromatic heterocycles. The summed E-state index contributed by atoms with van der Waals surface area (Å²) in [5.74, 6) is 0.944. The zero-order valence-electron chi connectivity index (χ0n) is 7.76. The van der Waals surface area contributed by atoms with Crippen LogP contribution in [0.4, 0.5) is 5.82 Å². The molecule has 1 heterocycles. The van der Waals surface area contributed by atoms with Crippen LogP contribution in [0.1, 0.15) is 18.5 Å². The number of pyridine rings is 1. The molecule has 0 aliphatic heterocycles. The van der Waals surface area contributed by atoms with E-state index in [2.05, 4.69) is 28.6 Å². The Balaban J connectivity index is 2.96. The Morgan fingerprint density at radius 3 is 2.75 bits per heavy atom. The lowest BCUT2D eigenvalue weighted by atomic mass is 10.1. The number of nitrogens with zero attached hydrogens (tertiary/aromatic N) is 1. The summed E-state index contributed by atoms with van der Waals surface area (Å²) >= 11 is 0. The van der Waals surface area contributed by atoms with Crippen molar-refractivity contribution in [2.45, 2.75) is 13.0 Å². The molecule has 0 amide bonds. The van der Waals surface area contributed by atoms with Crippen LogP contribution in [0.3, 0.4) is 0 Å². The quantitative estimate of drug-likeness (QED) is 0.711. The monoisotopic (exact) mass is 165 g/mol. The molecule has 3 heteroatoms. The zero-order chi connectivity index (χ0) is 8.97. The summed E-state index contributed by atoms with van der Waals surface area (Å²) in [5.41, 5.74) is 1.20. The van der Waals surface area contributed by atoms with Gasteiger partial charge < -0.3 is 10.6 Å². The first-order valence-corrected chi connectivity index (χ1v) is 4.09. The average Bonchev–Trinajstić information content (AvgIpc) is 2.16. The van der Waals surface area contributed by atoms with E-state index < -0.39 is 0 Å². The minimum Gasteiger partial charge on any atom is -0.373 e. The molecule has 0 bridgehead atoms. The lowest BCUT2D eigenvalue weighted by molar-refractivity contribution is 0.651. The Morgan fingerprint density at radius 1 is 1.42 bits per heavy atom. The van der Waals surface area contributed by atoms with Gasteiger partial charge in [-0.2, -0.15) is 0 Å². The average molecular weight is 165 g/mol. The molecule has 0 fully saturated rings. The van der Waals surface area contributed by atoms with E-state index in [1.165, 1.54) is 5.56 Å². The first-order valence-electron chi connectivity index (χ1n) is 4.09. The Kier molecular flexibility index (Phi) is 3.05. The highest BCUT2D eigenvalue weighted by molar-refractivity contribution is 5.44. The molecule has 0 aliphatic carbocycles. The van der Waals surface area contributed by atoms with Crippen LogP contribution < -0.4 is 10.6 Å². The highest BCUT2D eigenvalue weighted by Gasteiger charge is 2.06. The van der Waals surface area contributed by atoms with Gasteiger partial charge in [0, 0.05) is 24.8 Å². The molecule has 0 spiro atoms. The SMILES string of the molecule is CNc1ncccc1C(C)NC. The van der Waals surface area contributed by atoms with Crippen LogP contribution >= 0.6 is 0 Å². The Hall–Kier alpha value is -1.09. The Labute approximate surface area is 73.2 Å². The summed E-state index contributed by atoms with van der Waals surface area (Å²) in [6.07, 6.45) is 1.79. The molecule has 12 heavy (non-hydrogen) atoms. The first-order chi connectivity index (χ1) is 5.79. The molecule has 1 rings (SSSR count). The first kappa shape index (κ1) is 9.00. The van der Waals surface area contributed by atoms with Crippen molar-refractivity contribution in [3.05, 3.63) is 23.9 Å². The van der Waals surface area contributed by atoms with Crippen LogP contribution in [0.5, 0.6) is 0 Å². The van der Waals surface area contributed by atoms with Gasteiger partial charge >= 0.3 is 0 Å². The van der Waals surface area contributed by atoms with E-state index in [0.717, 1.165) is 5.82 Å². The maximum atomic E-state index is 4.22. The molecule has 1 atom stereocenters. The largest absolute Gasteiger partial charge is 0.373 e. The summed E-state index contributed by atoms with van der Waals surface area (Å²) < 4.78 is 0. The van der Waals surface area contributed by atoms with Gasteiger partial charge in [0.1, 0.15) is 5.82 Å². The van der Waals surface area contributed by atoms with Crippen molar-refractivity contribution in [2.75, 3.05) is 19.4 Å².